The van der Waals surface area contributed by atoms with Crippen LogP contribution in [-0.2, 0) is 14.3 Å². The normalized spacial score (nSPS) is 27.7. The van der Waals surface area contributed by atoms with Crippen LogP contribution in [-0.4, -0.2) is 39.0 Å². The minimum Gasteiger partial charge on any atom is -1.00 e. The van der Waals surface area contributed by atoms with Gasteiger partial charge in [0.25, 0.3) is 0 Å². The highest BCUT2D eigenvalue weighted by atomic mass is 35.5. The van der Waals surface area contributed by atoms with Crippen LogP contribution in [0.1, 0.15) is 6.42 Å². The number of rotatable bonds is 1. The number of hydrogen-bond acceptors (Lipinski definition) is 3. The molecule has 0 aromatic heterocycles. The van der Waals surface area contributed by atoms with Crippen LogP contribution >= 0.6 is 0 Å². The molecule has 1 aliphatic rings. The zero-order chi connectivity index (χ0) is 9.14. The van der Waals surface area contributed by atoms with Gasteiger partial charge in [0.1, 0.15) is 0 Å². The SMILES string of the molecule is COC(=O)C1C[NH+](C)CCC1=O.[Cl-]. The van der Waals surface area contributed by atoms with Crippen LogP contribution in [0, 0.1) is 5.92 Å². The van der Waals surface area contributed by atoms with Gasteiger partial charge in [-0.2, -0.15) is 0 Å². The average molecular weight is 208 g/mol. The molecule has 1 fully saturated rings. The van der Waals surface area contributed by atoms with Gasteiger partial charge in [-0.1, -0.05) is 0 Å². The molecule has 0 amide bonds. The number of halogens is 1. The summed E-state index contributed by atoms with van der Waals surface area (Å²) < 4.78 is 4.54. The first-order chi connectivity index (χ1) is 5.65. The van der Waals surface area contributed by atoms with E-state index in [4.69, 9.17) is 0 Å². The summed E-state index contributed by atoms with van der Waals surface area (Å²) >= 11 is 0. The molecular weight excluding hydrogens is 194 g/mol. The molecule has 1 heterocycles. The zero-order valence-electron chi connectivity index (χ0n) is 7.80. The standard InChI is InChI=1S/C8H13NO3.ClH/c1-9-4-3-7(10)6(5-9)8(11)12-2;/h6H,3-5H2,1-2H3;1H. The number of Topliss-reactive ketones (excluding diaryl/α,β-unsaturated/α-hetero) is 1. The largest absolute Gasteiger partial charge is 1.00 e. The van der Waals surface area contributed by atoms with Crippen molar-refractivity contribution < 1.29 is 31.6 Å². The number of methoxy groups -OCH3 is 1. The Morgan fingerprint density at radius 1 is 1.62 bits per heavy atom. The lowest BCUT2D eigenvalue weighted by Crippen LogP contribution is -3.11. The van der Waals surface area contributed by atoms with Crippen molar-refractivity contribution in [1.29, 1.82) is 0 Å². The third kappa shape index (κ3) is 2.97. The Bertz CT molecular complexity index is 200. The maximum absolute atomic E-state index is 11.2. The van der Waals surface area contributed by atoms with E-state index in [1.54, 1.807) is 0 Å². The molecule has 0 radical (unpaired) electrons. The molecule has 0 bridgehead atoms. The van der Waals surface area contributed by atoms with E-state index in [0.717, 1.165) is 6.54 Å². The highest BCUT2D eigenvalue weighted by molar-refractivity contribution is 5.99. The number of piperidine rings is 1. The van der Waals surface area contributed by atoms with E-state index < -0.39 is 5.92 Å². The fourth-order valence-corrected chi connectivity index (χ4v) is 1.43. The summed E-state index contributed by atoms with van der Waals surface area (Å²) in [7, 11) is 3.29. The lowest BCUT2D eigenvalue weighted by Gasteiger charge is -2.23. The van der Waals surface area contributed by atoms with Crippen molar-refractivity contribution in [3.05, 3.63) is 0 Å². The number of nitrogens with one attached hydrogen (secondary N) is 1. The second-order valence-corrected chi connectivity index (χ2v) is 3.20. The summed E-state index contributed by atoms with van der Waals surface area (Å²) in [6.07, 6.45) is 0.492. The van der Waals surface area contributed by atoms with E-state index in [1.807, 2.05) is 7.05 Å². The maximum Gasteiger partial charge on any atom is 0.322 e. The van der Waals surface area contributed by atoms with Crippen LogP contribution in [0.25, 0.3) is 0 Å². The van der Waals surface area contributed by atoms with Gasteiger partial charge in [0.2, 0.25) is 0 Å². The van der Waals surface area contributed by atoms with E-state index in [0.29, 0.717) is 13.0 Å². The summed E-state index contributed by atoms with van der Waals surface area (Å²) in [5.41, 5.74) is 0. The lowest BCUT2D eigenvalue weighted by molar-refractivity contribution is -0.883. The number of carbonyl (C=O) groups excluding carboxylic acids is 2. The molecule has 0 aromatic rings. The van der Waals surface area contributed by atoms with Crippen molar-refractivity contribution in [2.75, 3.05) is 27.2 Å². The number of likely N-dealkylation sites (tertiary alicyclic amines) is 1. The topological polar surface area (TPSA) is 47.8 Å². The van der Waals surface area contributed by atoms with Gasteiger partial charge >= 0.3 is 5.97 Å². The Balaban J connectivity index is 0.00000144. The quantitative estimate of drug-likeness (QED) is 0.347. The van der Waals surface area contributed by atoms with Crippen molar-refractivity contribution in [1.82, 2.24) is 0 Å². The molecule has 0 aliphatic carbocycles. The van der Waals surface area contributed by atoms with Crippen LogP contribution in [0.2, 0.25) is 0 Å². The average Bonchev–Trinajstić information content (AvgIpc) is 2.08. The highest BCUT2D eigenvalue weighted by Crippen LogP contribution is 2.04. The van der Waals surface area contributed by atoms with E-state index >= 15 is 0 Å². The molecule has 0 saturated carbocycles. The van der Waals surface area contributed by atoms with E-state index in [9.17, 15) is 9.59 Å². The Kier molecular flexibility index (Phi) is 4.95. The van der Waals surface area contributed by atoms with Crippen molar-refractivity contribution >= 4 is 11.8 Å². The molecule has 1 rings (SSSR count). The minimum absolute atomic E-state index is 0. The molecule has 1 saturated heterocycles. The van der Waals surface area contributed by atoms with Gasteiger partial charge in [0.15, 0.2) is 11.7 Å². The fraction of sp³-hybridized carbons (Fsp3) is 0.750. The zero-order valence-corrected chi connectivity index (χ0v) is 8.56. The number of hydrogen-bond donors (Lipinski definition) is 1. The van der Waals surface area contributed by atoms with Gasteiger partial charge in [0.05, 0.1) is 33.7 Å². The predicted molar refractivity (Wildman–Crippen MR) is 41.8 cm³/mol. The molecule has 2 unspecified atom stereocenters. The molecule has 5 heteroatoms. The first-order valence-corrected chi connectivity index (χ1v) is 4.07. The predicted octanol–water partition coefficient (Wildman–Crippen LogP) is -4.73. The molecule has 4 nitrogen and oxygen atoms in total. The first kappa shape index (κ1) is 12.4. The van der Waals surface area contributed by atoms with Gasteiger partial charge in [-0.3, -0.25) is 9.59 Å². The molecule has 2 atom stereocenters. The van der Waals surface area contributed by atoms with Crippen LogP contribution in [0.15, 0.2) is 0 Å². The van der Waals surface area contributed by atoms with Crippen molar-refractivity contribution in [2.45, 2.75) is 6.42 Å². The van der Waals surface area contributed by atoms with Crippen molar-refractivity contribution in [2.24, 2.45) is 5.92 Å². The number of ether oxygens (including phenoxy) is 1. The lowest BCUT2D eigenvalue weighted by atomic mass is 9.97. The van der Waals surface area contributed by atoms with Gasteiger partial charge < -0.3 is 22.0 Å². The summed E-state index contributed by atoms with van der Waals surface area (Å²) in [5.74, 6) is -0.893. The van der Waals surface area contributed by atoms with Gasteiger partial charge in [-0.25, -0.2) is 0 Å². The third-order valence-electron chi connectivity index (χ3n) is 2.23. The Hall–Kier alpha value is -0.610. The molecule has 0 aromatic carbocycles. The molecule has 13 heavy (non-hydrogen) atoms. The first-order valence-electron chi connectivity index (χ1n) is 4.07. The van der Waals surface area contributed by atoms with Crippen molar-refractivity contribution in [3.8, 4) is 0 Å². The third-order valence-corrected chi connectivity index (χ3v) is 2.23. The number of esters is 1. The molecule has 1 aliphatic heterocycles. The smallest absolute Gasteiger partial charge is 0.322 e. The van der Waals surface area contributed by atoms with Crippen LogP contribution in [0.4, 0.5) is 0 Å². The van der Waals surface area contributed by atoms with Gasteiger partial charge in [0, 0.05) is 0 Å². The second-order valence-electron chi connectivity index (χ2n) is 3.20. The maximum atomic E-state index is 11.2. The fourth-order valence-electron chi connectivity index (χ4n) is 1.43. The summed E-state index contributed by atoms with van der Waals surface area (Å²) in [6.45, 7) is 1.40. The van der Waals surface area contributed by atoms with Crippen LogP contribution in [0.5, 0.6) is 0 Å². The number of ketones is 1. The highest BCUT2D eigenvalue weighted by Gasteiger charge is 2.34. The van der Waals surface area contributed by atoms with Gasteiger partial charge in [-0.05, 0) is 0 Å². The monoisotopic (exact) mass is 207 g/mol. The number of carbonyl (C=O) groups is 2. The van der Waals surface area contributed by atoms with Crippen molar-refractivity contribution in [3.63, 3.8) is 0 Å². The molecule has 76 valence electrons. The van der Waals surface area contributed by atoms with Crippen LogP contribution in [0.3, 0.4) is 0 Å². The van der Waals surface area contributed by atoms with E-state index in [-0.39, 0.29) is 24.2 Å². The molecule has 0 spiro atoms. The summed E-state index contributed by atoms with van der Waals surface area (Å²) in [6, 6.07) is 0. The Morgan fingerprint density at radius 2 is 2.23 bits per heavy atom. The molecular formula is C8H14ClNO3. The minimum atomic E-state index is -0.524. The number of quaternary nitrogens is 1. The van der Waals surface area contributed by atoms with E-state index in [2.05, 4.69) is 4.74 Å². The van der Waals surface area contributed by atoms with Gasteiger partial charge in [-0.15, -0.1) is 0 Å². The van der Waals surface area contributed by atoms with Crippen LogP contribution < -0.4 is 17.3 Å². The second kappa shape index (κ2) is 5.19. The Morgan fingerprint density at radius 3 is 2.77 bits per heavy atom. The van der Waals surface area contributed by atoms with E-state index in [1.165, 1.54) is 12.0 Å². The summed E-state index contributed by atoms with van der Waals surface area (Å²) in [4.78, 5) is 23.5. The summed E-state index contributed by atoms with van der Waals surface area (Å²) in [5, 5.41) is 0. The Labute approximate surface area is 83.6 Å². The molecule has 1 N–H and O–H groups in total.